The van der Waals surface area contributed by atoms with Gasteiger partial charge in [-0.15, -0.1) is 0 Å². The summed E-state index contributed by atoms with van der Waals surface area (Å²) < 4.78 is 27.0. The molecular formula is C15H14F2N2O. The van der Waals surface area contributed by atoms with Crippen molar-refractivity contribution in [1.29, 1.82) is 0 Å². The topological polar surface area (TPSA) is 36.1 Å². The summed E-state index contributed by atoms with van der Waals surface area (Å²) in [5, 5.41) is 0.958. The fraction of sp³-hybridized carbons (Fsp3) is 0.400. The Morgan fingerprint density at radius 3 is 2.55 bits per heavy atom. The summed E-state index contributed by atoms with van der Waals surface area (Å²) in [6.45, 7) is 0.350. The molecule has 0 radical (unpaired) electrons. The van der Waals surface area contributed by atoms with Crippen LogP contribution in [0.3, 0.4) is 0 Å². The van der Waals surface area contributed by atoms with Crippen LogP contribution in [0.25, 0.3) is 10.9 Å². The number of hydrogen-bond donors (Lipinski definition) is 1. The van der Waals surface area contributed by atoms with Crippen LogP contribution in [0.2, 0.25) is 0 Å². The van der Waals surface area contributed by atoms with Crippen molar-refractivity contribution < 1.29 is 13.6 Å². The van der Waals surface area contributed by atoms with E-state index in [1.165, 1.54) is 4.90 Å². The third-order valence-electron chi connectivity index (χ3n) is 4.73. The van der Waals surface area contributed by atoms with E-state index in [-0.39, 0.29) is 25.4 Å². The fourth-order valence-corrected chi connectivity index (χ4v) is 3.24. The summed E-state index contributed by atoms with van der Waals surface area (Å²) in [5.74, 6) is -2.78. The Kier molecular flexibility index (Phi) is 2.13. The van der Waals surface area contributed by atoms with E-state index in [0.717, 1.165) is 10.9 Å². The van der Waals surface area contributed by atoms with Crippen LogP contribution >= 0.6 is 0 Å². The van der Waals surface area contributed by atoms with Crippen LogP contribution in [-0.4, -0.2) is 34.8 Å². The van der Waals surface area contributed by atoms with Crippen LogP contribution in [-0.2, 0) is 0 Å². The predicted molar refractivity (Wildman–Crippen MR) is 70.8 cm³/mol. The molecule has 1 aromatic heterocycles. The average molecular weight is 276 g/mol. The Morgan fingerprint density at radius 2 is 1.95 bits per heavy atom. The summed E-state index contributed by atoms with van der Waals surface area (Å²) in [6, 6.07) is 9.38. The van der Waals surface area contributed by atoms with Crippen LogP contribution in [0.15, 0.2) is 30.3 Å². The molecule has 3 nitrogen and oxygen atoms in total. The summed E-state index contributed by atoms with van der Waals surface area (Å²) in [7, 11) is 0. The highest BCUT2D eigenvalue weighted by atomic mass is 19.3. The Morgan fingerprint density at radius 1 is 1.20 bits per heavy atom. The number of H-pyrrole nitrogens is 1. The van der Waals surface area contributed by atoms with Crippen LogP contribution in [0.4, 0.5) is 8.78 Å². The smallest absolute Gasteiger partial charge is 0.270 e. The number of carbonyl (C=O) groups is 1. The second-order valence-corrected chi connectivity index (χ2v) is 5.92. The molecule has 0 unspecified atom stereocenters. The Balaban J connectivity index is 1.54. The van der Waals surface area contributed by atoms with Crippen molar-refractivity contribution in [2.24, 2.45) is 5.41 Å². The summed E-state index contributed by atoms with van der Waals surface area (Å²) in [4.78, 5) is 16.8. The molecule has 4 rings (SSSR count). The van der Waals surface area contributed by atoms with E-state index in [0.29, 0.717) is 12.1 Å². The number of amides is 1. The number of alkyl halides is 2. The molecule has 20 heavy (non-hydrogen) atoms. The van der Waals surface area contributed by atoms with E-state index in [2.05, 4.69) is 4.98 Å². The molecule has 1 amide bonds. The number of fused-ring (bicyclic) bond motifs is 1. The molecule has 1 saturated carbocycles. The molecule has 1 aliphatic carbocycles. The Labute approximate surface area is 114 Å². The highest BCUT2D eigenvalue weighted by Gasteiger charge is 2.67. The molecule has 0 atom stereocenters. The van der Waals surface area contributed by atoms with Crippen LogP contribution in [0, 0.1) is 5.41 Å². The van der Waals surface area contributed by atoms with Crippen molar-refractivity contribution in [2.45, 2.75) is 18.8 Å². The van der Waals surface area contributed by atoms with Crippen molar-refractivity contribution in [2.75, 3.05) is 13.1 Å². The first-order chi connectivity index (χ1) is 9.51. The van der Waals surface area contributed by atoms with E-state index in [4.69, 9.17) is 0 Å². The number of nitrogens with one attached hydrogen (secondary N) is 1. The quantitative estimate of drug-likeness (QED) is 0.854. The number of benzene rings is 1. The van der Waals surface area contributed by atoms with Gasteiger partial charge in [-0.25, -0.2) is 8.78 Å². The van der Waals surface area contributed by atoms with Gasteiger partial charge >= 0.3 is 0 Å². The predicted octanol–water partition coefficient (Wildman–Crippen LogP) is 3.04. The highest BCUT2D eigenvalue weighted by Crippen LogP contribution is 2.58. The first-order valence-corrected chi connectivity index (χ1v) is 6.76. The number of likely N-dealkylation sites (tertiary alicyclic amines) is 1. The van der Waals surface area contributed by atoms with Gasteiger partial charge < -0.3 is 9.88 Å². The lowest BCUT2D eigenvalue weighted by molar-refractivity contribution is -0.248. The number of aromatic amines is 1. The normalized spacial score (nSPS) is 22.6. The maximum absolute atomic E-state index is 13.5. The molecule has 1 N–H and O–H groups in total. The molecule has 2 fully saturated rings. The largest absolute Gasteiger partial charge is 0.351 e. The van der Waals surface area contributed by atoms with Gasteiger partial charge in [0.05, 0.1) is 5.41 Å². The first kappa shape index (κ1) is 11.9. The molecule has 2 aliphatic rings. The standard InChI is InChI=1S/C15H14F2N2O/c16-15(17)6-5-14(15)8-19(9-14)13(20)12-7-10-3-1-2-4-11(10)18-12/h1-4,7,18H,5-6,8-9H2. The van der Waals surface area contributed by atoms with Gasteiger partial charge in [0, 0.05) is 30.4 Å². The Bertz CT molecular complexity index is 668. The first-order valence-electron chi connectivity index (χ1n) is 6.76. The minimum atomic E-state index is -2.59. The number of hydrogen-bond acceptors (Lipinski definition) is 1. The maximum atomic E-state index is 13.5. The fourth-order valence-electron chi connectivity index (χ4n) is 3.24. The Hall–Kier alpha value is -1.91. The molecule has 1 aliphatic heterocycles. The minimum absolute atomic E-state index is 0.0403. The van der Waals surface area contributed by atoms with Gasteiger partial charge in [-0.3, -0.25) is 4.79 Å². The minimum Gasteiger partial charge on any atom is -0.351 e. The van der Waals surface area contributed by atoms with Crippen LogP contribution < -0.4 is 0 Å². The van der Waals surface area contributed by atoms with Crippen LogP contribution in [0.1, 0.15) is 23.3 Å². The molecule has 0 bridgehead atoms. The average Bonchev–Trinajstić information content (AvgIpc) is 2.79. The van der Waals surface area contributed by atoms with Gasteiger partial charge in [-0.05, 0) is 18.6 Å². The molecular weight excluding hydrogens is 262 g/mol. The molecule has 2 heterocycles. The summed E-state index contributed by atoms with van der Waals surface area (Å²) in [6.07, 6.45) is 0.484. The third-order valence-corrected chi connectivity index (χ3v) is 4.73. The highest BCUT2D eigenvalue weighted by molar-refractivity contribution is 5.98. The summed E-state index contributed by atoms with van der Waals surface area (Å²) >= 11 is 0. The van der Waals surface area contributed by atoms with Crippen LogP contribution in [0.5, 0.6) is 0 Å². The molecule has 1 saturated heterocycles. The zero-order valence-corrected chi connectivity index (χ0v) is 10.8. The molecule has 104 valence electrons. The number of nitrogens with zero attached hydrogens (tertiary/aromatic N) is 1. The molecule has 1 spiro atoms. The van der Waals surface area contributed by atoms with E-state index >= 15 is 0 Å². The van der Waals surface area contributed by atoms with Crippen molar-refractivity contribution in [3.63, 3.8) is 0 Å². The lowest BCUT2D eigenvalue weighted by Crippen LogP contribution is -2.70. The maximum Gasteiger partial charge on any atom is 0.270 e. The number of aromatic nitrogens is 1. The molecule has 5 heteroatoms. The SMILES string of the molecule is O=C(c1cc2ccccc2[nH]1)N1CC2(CCC2(F)F)C1. The molecule has 1 aromatic carbocycles. The van der Waals surface area contributed by atoms with Gasteiger partial charge in [-0.2, -0.15) is 0 Å². The van der Waals surface area contributed by atoms with Gasteiger partial charge in [-0.1, -0.05) is 18.2 Å². The van der Waals surface area contributed by atoms with Crippen molar-refractivity contribution in [3.05, 3.63) is 36.0 Å². The molecule has 2 aromatic rings. The zero-order valence-electron chi connectivity index (χ0n) is 10.8. The second kappa shape index (κ2) is 3.59. The van der Waals surface area contributed by atoms with Gasteiger partial charge in [0.1, 0.15) is 5.69 Å². The number of para-hydroxylation sites is 1. The second-order valence-electron chi connectivity index (χ2n) is 5.92. The van der Waals surface area contributed by atoms with E-state index in [1.54, 1.807) is 6.07 Å². The van der Waals surface area contributed by atoms with Crippen molar-refractivity contribution in [1.82, 2.24) is 9.88 Å². The van der Waals surface area contributed by atoms with Gasteiger partial charge in [0.25, 0.3) is 11.8 Å². The summed E-state index contributed by atoms with van der Waals surface area (Å²) in [5.41, 5.74) is 0.429. The van der Waals surface area contributed by atoms with Crippen molar-refractivity contribution in [3.8, 4) is 0 Å². The third kappa shape index (κ3) is 1.40. The van der Waals surface area contributed by atoms with Gasteiger partial charge in [0.15, 0.2) is 0 Å². The lowest BCUT2D eigenvalue weighted by Gasteiger charge is -2.59. The zero-order chi connectivity index (χ0) is 14.0. The van der Waals surface area contributed by atoms with Crippen molar-refractivity contribution >= 4 is 16.8 Å². The number of halogens is 2. The van der Waals surface area contributed by atoms with E-state index in [1.807, 2.05) is 24.3 Å². The van der Waals surface area contributed by atoms with E-state index in [9.17, 15) is 13.6 Å². The lowest BCUT2D eigenvalue weighted by atomic mass is 9.60. The van der Waals surface area contributed by atoms with Gasteiger partial charge in [0.2, 0.25) is 0 Å². The van der Waals surface area contributed by atoms with E-state index < -0.39 is 11.3 Å². The number of carbonyl (C=O) groups excluding carboxylic acids is 1. The monoisotopic (exact) mass is 276 g/mol. The number of rotatable bonds is 1.